The molecule has 21 heavy (non-hydrogen) atoms. The van der Waals surface area contributed by atoms with E-state index in [9.17, 15) is 4.39 Å². The van der Waals surface area contributed by atoms with Crippen LogP contribution in [0.2, 0.25) is 0 Å². The Morgan fingerprint density at radius 2 is 1.81 bits per heavy atom. The summed E-state index contributed by atoms with van der Waals surface area (Å²) >= 11 is 0. The fraction of sp³-hybridized carbons (Fsp3) is 0.667. The Bertz CT molecular complexity index is 479. The van der Waals surface area contributed by atoms with Crippen LogP contribution in [-0.2, 0) is 5.41 Å². The third kappa shape index (κ3) is 3.97. The van der Waals surface area contributed by atoms with Gasteiger partial charge in [0.1, 0.15) is 17.7 Å². The highest BCUT2D eigenvalue weighted by atomic mass is 19.1. The molecular weight excluding hydrogens is 265 g/mol. The fourth-order valence-electron chi connectivity index (χ4n) is 3.16. The summed E-state index contributed by atoms with van der Waals surface area (Å²) < 4.78 is 20.4. The van der Waals surface area contributed by atoms with Gasteiger partial charge in [-0.3, -0.25) is 0 Å². The average Bonchev–Trinajstić information content (AvgIpc) is 2.37. The van der Waals surface area contributed by atoms with Gasteiger partial charge in [0.2, 0.25) is 0 Å². The zero-order valence-corrected chi connectivity index (χ0v) is 13.9. The predicted octanol–water partition coefficient (Wildman–Crippen LogP) is 4.37. The molecule has 1 aromatic carbocycles. The largest absolute Gasteiger partial charge is 0.489 e. The molecule has 0 unspecified atom stereocenters. The Hall–Kier alpha value is -1.09. The van der Waals surface area contributed by atoms with Crippen molar-refractivity contribution in [2.45, 2.75) is 64.0 Å². The van der Waals surface area contributed by atoms with E-state index in [2.05, 4.69) is 19.0 Å². The van der Waals surface area contributed by atoms with Gasteiger partial charge in [-0.2, -0.15) is 0 Å². The zero-order valence-electron chi connectivity index (χ0n) is 13.9. The molecule has 0 aromatic heterocycles. The maximum atomic E-state index is 14.3. The molecule has 0 aliphatic heterocycles. The van der Waals surface area contributed by atoms with E-state index in [4.69, 9.17) is 4.74 Å². The summed E-state index contributed by atoms with van der Waals surface area (Å²) in [4.78, 5) is 2.23. The van der Waals surface area contributed by atoms with Crippen molar-refractivity contribution in [2.75, 3.05) is 14.1 Å². The van der Waals surface area contributed by atoms with E-state index >= 15 is 0 Å². The Labute approximate surface area is 128 Å². The summed E-state index contributed by atoms with van der Waals surface area (Å²) in [5, 5.41) is 0. The summed E-state index contributed by atoms with van der Waals surface area (Å²) in [7, 11) is 4.19. The van der Waals surface area contributed by atoms with E-state index in [0.29, 0.717) is 11.8 Å². The molecule has 1 fully saturated rings. The Morgan fingerprint density at radius 3 is 2.38 bits per heavy atom. The van der Waals surface area contributed by atoms with Gasteiger partial charge >= 0.3 is 0 Å². The number of nitrogens with zero attached hydrogens (tertiary/aromatic N) is 1. The van der Waals surface area contributed by atoms with Crippen molar-refractivity contribution in [3.05, 3.63) is 29.6 Å². The standard InChI is InChI=1S/C18H28FNO/c1-18(2,3)14-11-10-13(12-15(14)19)21-17-9-7-6-8-16(17)20(4)5/h10-12,16-17H,6-9H2,1-5H3/t16-,17-/m0/s1. The van der Waals surface area contributed by atoms with Gasteiger partial charge in [0, 0.05) is 12.1 Å². The SMILES string of the molecule is CN(C)[C@H]1CCCC[C@@H]1Oc1ccc(C(C)(C)C)c(F)c1. The van der Waals surface area contributed by atoms with Gasteiger partial charge in [-0.05, 0) is 50.4 Å². The molecule has 118 valence electrons. The molecule has 0 N–H and O–H groups in total. The van der Waals surface area contributed by atoms with Crippen molar-refractivity contribution in [1.29, 1.82) is 0 Å². The van der Waals surface area contributed by atoms with Crippen LogP contribution in [-0.4, -0.2) is 31.1 Å². The summed E-state index contributed by atoms with van der Waals surface area (Å²) in [5.74, 6) is 0.483. The van der Waals surface area contributed by atoms with Gasteiger partial charge in [-0.25, -0.2) is 4.39 Å². The third-order valence-electron chi connectivity index (χ3n) is 4.37. The molecule has 1 aliphatic carbocycles. The topological polar surface area (TPSA) is 12.5 Å². The minimum absolute atomic E-state index is 0.161. The van der Waals surface area contributed by atoms with Gasteiger partial charge in [0.15, 0.2) is 0 Å². The van der Waals surface area contributed by atoms with Crippen LogP contribution in [0.25, 0.3) is 0 Å². The van der Waals surface area contributed by atoms with E-state index in [1.165, 1.54) is 12.8 Å². The van der Waals surface area contributed by atoms with E-state index < -0.39 is 0 Å². The molecule has 0 saturated heterocycles. The predicted molar refractivity (Wildman–Crippen MR) is 85.5 cm³/mol. The van der Waals surface area contributed by atoms with Crippen LogP contribution in [0, 0.1) is 5.82 Å². The molecular formula is C18H28FNO. The van der Waals surface area contributed by atoms with Crippen LogP contribution in [0.5, 0.6) is 5.75 Å². The number of hydrogen-bond acceptors (Lipinski definition) is 2. The van der Waals surface area contributed by atoms with E-state index in [1.54, 1.807) is 6.07 Å². The molecule has 1 saturated carbocycles. The molecule has 0 amide bonds. The van der Waals surface area contributed by atoms with E-state index in [1.807, 2.05) is 32.9 Å². The highest BCUT2D eigenvalue weighted by molar-refractivity contribution is 5.33. The second-order valence-corrected chi connectivity index (χ2v) is 7.36. The van der Waals surface area contributed by atoms with Gasteiger partial charge in [0.25, 0.3) is 0 Å². The number of rotatable bonds is 3. The summed E-state index contributed by atoms with van der Waals surface area (Å²) in [6.45, 7) is 6.07. The second-order valence-electron chi connectivity index (χ2n) is 7.36. The summed E-state index contributed by atoms with van der Waals surface area (Å²) in [5.41, 5.74) is 0.558. The van der Waals surface area contributed by atoms with Crippen molar-refractivity contribution in [2.24, 2.45) is 0 Å². The lowest BCUT2D eigenvalue weighted by atomic mass is 9.86. The first-order valence-electron chi connectivity index (χ1n) is 7.92. The van der Waals surface area contributed by atoms with Gasteiger partial charge < -0.3 is 9.64 Å². The lowest BCUT2D eigenvalue weighted by Crippen LogP contribution is -2.44. The third-order valence-corrected chi connectivity index (χ3v) is 4.37. The number of halogens is 1. The maximum absolute atomic E-state index is 14.3. The lowest BCUT2D eigenvalue weighted by molar-refractivity contribution is 0.0620. The van der Waals surface area contributed by atoms with Gasteiger partial charge in [-0.1, -0.05) is 33.3 Å². The first-order chi connectivity index (χ1) is 9.79. The van der Waals surface area contributed by atoms with Crippen LogP contribution in [0.1, 0.15) is 52.0 Å². The van der Waals surface area contributed by atoms with Crippen molar-refractivity contribution in [3.8, 4) is 5.75 Å². The molecule has 2 atom stereocenters. The first kappa shape index (κ1) is 16.3. The lowest BCUT2D eigenvalue weighted by Gasteiger charge is -2.36. The molecule has 0 heterocycles. The normalized spacial score (nSPS) is 23.4. The quantitative estimate of drug-likeness (QED) is 0.820. The molecule has 0 radical (unpaired) electrons. The average molecular weight is 293 g/mol. The monoisotopic (exact) mass is 293 g/mol. The van der Waals surface area contributed by atoms with E-state index in [-0.39, 0.29) is 17.3 Å². The van der Waals surface area contributed by atoms with Crippen molar-refractivity contribution in [3.63, 3.8) is 0 Å². The highest BCUT2D eigenvalue weighted by Crippen LogP contribution is 2.30. The minimum Gasteiger partial charge on any atom is -0.489 e. The van der Waals surface area contributed by atoms with Crippen LogP contribution in [0.3, 0.4) is 0 Å². The van der Waals surface area contributed by atoms with Gasteiger partial charge in [0.05, 0.1) is 0 Å². The van der Waals surface area contributed by atoms with Gasteiger partial charge in [-0.15, -0.1) is 0 Å². The molecule has 2 nitrogen and oxygen atoms in total. The van der Waals surface area contributed by atoms with Crippen LogP contribution < -0.4 is 4.74 Å². The van der Waals surface area contributed by atoms with Crippen LogP contribution >= 0.6 is 0 Å². The highest BCUT2D eigenvalue weighted by Gasteiger charge is 2.28. The zero-order chi connectivity index (χ0) is 15.6. The minimum atomic E-state index is -0.181. The molecule has 0 spiro atoms. The molecule has 3 heteroatoms. The summed E-state index contributed by atoms with van der Waals surface area (Å²) in [6.07, 6.45) is 4.80. The maximum Gasteiger partial charge on any atom is 0.130 e. The summed E-state index contributed by atoms with van der Waals surface area (Å²) in [6, 6.07) is 5.73. The number of benzene rings is 1. The Morgan fingerprint density at radius 1 is 1.14 bits per heavy atom. The molecule has 1 aliphatic rings. The van der Waals surface area contributed by atoms with Crippen molar-refractivity contribution >= 4 is 0 Å². The smallest absolute Gasteiger partial charge is 0.130 e. The fourth-order valence-corrected chi connectivity index (χ4v) is 3.16. The number of likely N-dealkylation sites (N-methyl/N-ethyl adjacent to an activating group) is 1. The second kappa shape index (κ2) is 6.35. The Kier molecular flexibility index (Phi) is 4.92. The van der Waals surface area contributed by atoms with E-state index in [0.717, 1.165) is 18.4 Å². The number of hydrogen-bond donors (Lipinski definition) is 0. The Balaban J connectivity index is 2.14. The van der Waals surface area contributed by atoms with Crippen LogP contribution in [0.15, 0.2) is 18.2 Å². The molecule has 1 aromatic rings. The van der Waals surface area contributed by atoms with Crippen molar-refractivity contribution < 1.29 is 9.13 Å². The molecule has 2 rings (SSSR count). The first-order valence-corrected chi connectivity index (χ1v) is 7.92. The van der Waals surface area contributed by atoms with Crippen LogP contribution in [0.4, 0.5) is 4.39 Å². The molecule has 0 bridgehead atoms. The number of ether oxygens (including phenoxy) is 1. The van der Waals surface area contributed by atoms with Crippen molar-refractivity contribution in [1.82, 2.24) is 4.90 Å².